The predicted octanol–water partition coefficient (Wildman–Crippen LogP) is 2.53. The molecule has 19 heavy (non-hydrogen) atoms. The van der Waals surface area contributed by atoms with E-state index in [9.17, 15) is 0 Å². The van der Waals surface area contributed by atoms with E-state index in [1.165, 1.54) is 12.8 Å². The van der Waals surface area contributed by atoms with Crippen molar-refractivity contribution in [3.8, 4) is 5.75 Å². The van der Waals surface area contributed by atoms with E-state index < -0.39 is 0 Å². The van der Waals surface area contributed by atoms with Crippen LogP contribution in [-0.2, 0) is 0 Å². The van der Waals surface area contributed by atoms with E-state index in [-0.39, 0.29) is 0 Å². The summed E-state index contributed by atoms with van der Waals surface area (Å²) in [7, 11) is 0. The molecule has 106 valence electrons. The largest absolute Gasteiger partial charge is 0.492 e. The second-order valence-electron chi connectivity index (χ2n) is 5.23. The summed E-state index contributed by atoms with van der Waals surface area (Å²) in [6, 6.07) is 11.4. The fourth-order valence-corrected chi connectivity index (χ4v) is 2.68. The van der Waals surface area contributed by atoms with Gasteiger partial charge in [-0.3, -0.25) is 4.90 Å². The van der Waals surface area contributed by atoms with Crippen molar-refractivity contribution in [2.45, 2.75) is 38.8 Å². The van der Waals surface area contributed by atoms with Crippen molar-refractivity contribution >= 4 is 0 Å². The van der Waals surface area contributed by atoms with Gasteiger partial charge < -0.3 is 10.1 Å². The molecule has 0 aliphatic carbocycles. The van der Waals surface area contributed by atoms with Crippen LogP contribution in [0.2, 0.25) is 0 Å². The molecule has 0 radical (unpaired) electrons. The maximum Gasteiger partial charge on any atom is 0.119 e. The molecule has 0 bridgehead atoms. The van der Waals surface area contributed by atoms with E-state index in [2.05, 4.69) is 24.1 Å². The summed E-state index contributed by atoms with van der Waals surface area (Å²) < 4.78 is 5.81. The highest BCUT2D eigenvalue weighted by atomic mass is 16.5. The number of para-hydroxylation sites is 1. The molecule has 0 saturated carbocycles. The first-order valence-electron chi connectivity index (χ1n) is 7.48. The lowest BCUT2D eigenvalue weighted by atomic mass is 10.1. The topological polar surface area (TPSA) is 24.5 Å². The number of rotatable bonds is 6. The van der Waals surface area contributed by atoms with Gasteiger partial charge in [0.1, 0.15) is 12.4 Å². The highest BCUT2D eigenvalue weighted by Gasteiger charge is 2.25. The van der Waals surface area contributed by atoms with Gasteiger partial charge in [-0.1, -0.05) is 32.0 Å². The Labute approximate surface area is 116 Å². The summed E-state index contributed by atoms with van der Waals surface area (Å²) >= 11 is 0. The molecule has 3 heteroatoms. The first-order chi connectivity index (χ1) is 9.33. The molecule has 0 spiro atoms. The molecule has 1 aromatic carbocycles. The van der Waals surface area contributed by atoms with Crippen LogP contribution in [0.4, 0.5) is 0 Å². The molecule has 2 atom stereocenters. The Hall–Kier alpha value is -1.06. The van der Waals surface area contributed by atoms with Crippen LogP contribution in [0, 0.1) is 0 Å². The van der Waals surface area contributed by atoms with Crippen LogP contribution in [0.15, 0.2) is 30.3 Å². The third-order valence-electron chi connectivity index (χ3n) is 3.97. The zero-order valence-corrected chi connectivity index (χ0v) is 12.1. The van der Waals surface area contributed by atoms with Gasteiger partial charge in [0.2, 0.25) is 0 Å². The van der Waals surface area contributed by atoms with Crippen molar-refractivity contribution in [3.63, 3.8) is 0 Å². The van der Waals surface area contributed by atoms with Crippen molar-refractivity contribution in [1.82, 2.24) is 10.2 Å². The Morgan fingerprint density at radius 2 is 2.00 bits per heavy atom. The second-order valence-corrected chi connectivity index (χ2v) is 5.23. The summed E-state index contributed by atoms with van der Waals surface area (Å²) in [5.41, 5.74) is 0. The fourth-order valence-electron chi connectivity index (χ4n) is 2.68. The zero-order chi connectivity index (χ0) is 13.5. The molecular weight excluding hydrogens is 236 g/mol. The van der Waals surface area contributed by atoms with Gasteiger partial charge in [0, 0.05) is 31.7 Å². The predicted molar refractivity (Wildman–Crippen MR) is 79.7 cm³/mol. The molecule has 1 aliphatic heterocycles. The summed E-state index contributed by atoms with van der Waals surface area (Å²) in [4.78, 5) is 2.58. The van der Waals surface area contributed by atoms with E-state index in [1.807, 2.05) is 30.3 Å². The standard InChI is InChI=1S/C16H26N2O/c1-3-14-13-18(15(4-2)12-17-14)10-11-19-16-8-6-5-7-9-16/h5-9,14-15,17H,3-4,10-13H2,1-2H3. The highest BCUT2D eigenvalue weighted by molar-refractivity contribution is 5.20. The third-order valence-corrected chi connectivity index (χ3v) is 3.97. The SMILES string of the molecule is CCC1CN(CCOc2ccccc2)C(CC)CN1. The van der Waals surface area contributed by atoms with Crippen LogP contribution in [0.25, 0.3) is 0 Å². The lowest BCUT2D eigenvalue weighted by molar-refractivity contribution is 0.105. The molecular formula is C16H26N2O. The fraction of sp³-hybridized carbons (Fsp3) is 0.625. The minimum Gasteiger partial charge on any atom is -0.492 e. The average Bonchev–Trinajstić information content (AvgIpc) is 2.48. The first kappa shape index (κ1) is 14.4. The minimum atomic E-state index is 0.638. The molecule has 1 aromatic rings. The highest BCUT2D eigenvalue weighted by Crippen LogP contribution is 2.13. The van der Waals surface area contributed by atoms with Gasteiger partial charge in [0.05, 0.1) is 0 Å². The Morgan fingerprint density at radius 3 is 2.68 bits per heavy atom. The lowest BCUT2D eigenvalue weighted by Crippen LogP contribution is -2.56. The van der Waals surface area contributed by atoms with Crippen molar-refractivity contribution in [2.24, 2.45) is 0 Å². The van der Waals surface area contributed by atoms with Crippen molar-refractivity contribution in [1.29, 1.82) is 0 Å². The monoisotopic (exact) mass is 262 g/mol. The Morgan fingerprint density at radius 1 is 1.21 bits per heavy atom. The normalized spacial score (nSPS) is 24.3. The number of ether oxygens (including phenoxy) is 1. The van der Waals surface area contributed by atoms with E-state index >= 15 is 0 Å². The Kier molecular flexibility index (Phi) is 5.67. The van der Waals surface area contributed by atoms with Gasteiger partial charge >= 0.3 is 0 Å². The smallest absolute Gasteiger partial charge is 0.119 e. The van der Waals surface area contributed by atoms with Gasteiger partial charge in [0.15, 0.2) is 0 Å². The van der Waals surface area contributed by atoms with E-state index in [0.717, 1.165) is 32.0 Å². The molecule has 2 unspecified atom stereocenters. The molecule has 3 nitrogen and oxygen atoms in total. The maximum absolute atomic E-state index is 5.81. The number of nitrogens with zero attached hydrogens (tertiary/aromatic N) is 1. The lowest BCUT2D eigenvalue weighted by Gasteiger charge is -2.39. The first-order valence-corrected chi connectivity index (χ1v) is 7.48. The maximum atomic E-state index is 5.81. The van der Waals surface area contributed by atoms with Crippen LogP contribution in [-0.4, -0.2) is 43.2 Å². The van der Waals surface area contributed by atoms with Gasteiger partial charge in [-0.25, -0.2) is 0 Å². The number of hydrogen-bond acceptors (Lipinski definition) is 3. The quantitative estimate of drug-likeness (QED) is 0.852. The van der Waals surface area contributed by atoms with Crippen LogP contribution >= 0.6 is 0 Å². The average molecular weight is 262 g/mol. The van der Waals surface area contributed by atoms with E-state index in [0.29, 0.717) is 12.1 Å². The molecule has 1 aliphatic rings. The summed E-state index contributed by atoms with van der Waals surface area (Å²) in [6.07, 6.45) is 2.40. The number of piperazine rings is 1. The van der Waals surface area contributed by atoms with Crippen LogP contribution in [0.3, 0.4) is 0 Å². The van der Waals surface area contributed by atoms with Crippen molar-refractivity contribution in [3.05, 3.63) is 30.3 Å². The molecule has 1 heterocycles. The minimum absolute atomic E-state index is 0.638. The van der Waals surface area contributed by atoms with E-state index in [4.69, 9.17) is 4.74 Å². The molecule has 0 amide bonds. The second kappa shape index (κ2) is 7.51. The number of hydrogen-bond donors (Lipinski definition) is 1. The molecule has 1 N–H and O–H groups in total. The van der Waals surface area contributed by atoms with Crippen molar-refractivity contribution in [2.75, 3.05) is 26.2 Å². The summed E-state index contributed by atoms with van der Waals surface area (Å²) in [6.45, 7) is 8.57. The van der Waals surface area contributed by atoms with Gasteiger partial charge in [-0.15, -0.1) is 0 Å². The molecule has 1 saturated heterocycles. The summed E-state index contributed by atoms with van der Waals surface area (Å²) in [5, 5.41) is 3.63. The molecule has 2 rings (SSSR count). The zero-order valence-electron chi connectivity index (χ0n) is 12.1. The van der Waals surface area contributed by atoms with Gasteiger partial charge in [-0.05, 0) is 25.0 Å². The van der Waals surface area contributed by atoms with Gasteiger partial charge in [0.25, 0.3) is 0 Å². The number of nitrogens with one attached hydrogen (secondary N) is 1. The van der Waals surface area contributed by atoms with Crippen LogP contribution < -0.4 is 10.1 Å². The Bertz CT molecular complexity index is 355. The number of benzene rings is 1. The van der Waals surface area contributed by atoms with E-state index in [1.54, 1.807) is 0 Å². The summed E-state index contributed by atoms with van der Waals surface area (Å²) in [5.74, 6) is 0.970. The molecule has 0 aromatic heterocycles. The van der Waals surface area contributed by atoms with Crippen LogP contribution in [0.5, 0.6) is 5.75 Å². The Balaban J connectivity index is 1.79. The molecule has 1 fully saturated rings. The van der Waals surface area contributed by atoms with Crippen LogP contribution in [0.1, 0.15) is 26.7 Å². The van der Waals surface area contributed by atoms with Gasteiger partial charge in [-0.2, -0.15) is 0 Å². The third kappa shape index (κ3) is 4.22. The van der Waals surface area contributed by atoms with Crippen molar-refractivity contribution < 1.29 is 4.74 Å².